The van der Waals surface area contributed by atoms with Crippen molar-refractivity contribution in [3.05, 3.63) is 0 Å². The van der Waals surface area contributed by atoms with Gasteiger partial charge in [-0.2, -0.15) is 0 Å². The first-order valence-electron chi connectivity index (χ1n) is 17.4. The summed E-state index contributed by atoms with van der Waals surface area (Å²) in [6, 6.07) is -0.876. The highest BCUT2D eigenvalue weighted by Crippen LogP contribution is 2.57. The average Bonchev–Trinajstić information content (AvgIpc) is 3.72. The van der Waals surface area contributed by atoms with Crippen LogP contribution in [0.4, 0.5) is 0 Å². The molecule has 0 bridgehead atoms. The number of aliphatic hydroxyl groups is 1. The number of carbonyl (C=O) groups excluding carboxylic acids is 5. The Morgan fingerprint density at radius 1 is 0.913 bits per heavy atom. The van der Waals surface area contributed by atoms with Gasteiger partial charge < -0.3 is 27.1 Å². The number of aliphatic imine (C=N–C) groups is 1. The Hall–Kier alpha value is -2.86. The monoisotopic (exact) mass is 646 g/mol. The van der Waals surface area contributed by atoms with Crippen molar-refractivity contribution in [3.63, 3.8) is 0 Å². The number of aliphatic hydroxyl groups excluding tert-OH is 1. The highest BCUT2D eigenvalue weighted by Gasteiger charge is 2.54. The van der Waals surface area contributed by atoms with E-state index in [1.54, 1.807) is 0 Å². The maximum atomic E-state index is 13.7. The van der Waals surface area contributed by atoms with E-state index in [0.29, 0.717) is 32.2 Å². The zero-order valence-electron chi connectivity index (χ0n) is 28.2. The minimum atomic E-state index is -0.876. The zero-order chi connectivity index (χ0) is 34.1. The van der Waals surface area contributed by atoms with E-state index in [0.717, 1.165) is 38.4 Å². The third kappa shape index (κ3) is 9.14. The van der Waals surface area contributed by atoms with Crippen molar-refractivity contribution in [2.24, 2.45) is 87.3 Å². The molecule has 3 aliphatic rings. The molecule has 0 spiro atoms. The maximum absolute atomic E-state index is 13.7. The number of imide groups is 2. The third-order valence-electron chi connectivity index (χ3n) is 11.2. The van der Waals surface area contributed by atoms with Crippen molar-refractivity contribution in [2.75, 3.05) is 13.2 Å². The van der Waals surface area contributed by atoms with E-state index >= 15 is 0 Å². The SMILES string of the molecule is CCC1C(C=O)CC(C(=O)NC(=O)CC(C)C)C1C1CCC(C2C(C(=O)NC(=O)C(N)CCCN=C(N)N)CC(CO)C2CC)C1. The van der Waals surface area contributed by atoms with Crippen molar-refractivity contribution in [3.8, 4) is 0 Å². The largest absolute Gasteiger partial charge is 0.396 e. The second-order valence-electron chi connectivity index (χ2n) is 14.5. The Bertz CT molecular complexity index is 1110. The summed E-state index contributed by atoms with van der Waals surface area (Å²) in [6.45, 7) is 8.31. The standard InChI is InChI=1S/C34H58N6O6/c1-5-23-21(16-41)14-25(31(44)39-28(43)12-18(3)4)29(23)19-9-10-20(13-19)30-24(6-2)22(17-42)15-26(30)32(45)40-33(46)27(35)8-7-11-38-34(36)37/h16,18-27,29-30,42H,5-15,17,35H2,1-4H3,(H4,36,37,38)(H,39,43,44)(H,40,45,46). The molecular formula is C34H58N6O6. The van der Waals surface area contributed by atoms with Crippen LogP contribution in [0.25, 0.3) is 0 Å². The van der Waals surface area contributed by atoms with E-state index in [2.05, 4.69) is 29.5 Å². The molecule has 11 atom stereocenters. The lowest BCUT2D eigenvalue weighted by Crippen LogP contribution is -2.47. The molecule has 3 fully saturated rings. The van der Waals surface area contributed by atoms with E-state index in [-0.39, 0.29) is 90.0 Å². The second-order valence-corrected chi connectivity index (χ2v) is 14.5. The summed E-state index contributed by atoms with van der Waals surface area (Å²) in [5.74, 6) is -2.02. The van der Waals surface area contributed by atoms with Gasteiger partial charge in [0, 0.05) is 37.3 Å². The van der Waals surface area contributed by atoms with Crippen LogP contribution < -0.4 is 27.8 Å². The number of hydrogen-bond acceptors (Lipinski definition) is 8. The summed E-state index contributed by atoms with van der Waals surface area (Å²) >= 11 is 0. The molecule has 0 aromatic carbocycles. The molecule has 0 radical (unpaired) electrons. The van der Waals surface area contributed by atoms with Gasteiger partial charge in [-0.05, 0) is 92.3 Å². The minimum absolute atomic E-state index is 0.0264. The smallest absolute Gasteiger partial charge is 0.243 e. The highest BCUT2D eigenvalue weighted by atomic mass is 16.3. The van der Waals surface area contributed by atoms with Gasteiger partial charge in [-0.15, -0.1) is 0 Å². The lowest BCUT2D eigenvalue weighted by Gasteiger charge is -2.33. The Balaban J connectivity index is 1.76. The molecule has 0 heterocycles. The Morgan fingerprint density at radius 2 is 1.50 bits per heavy atom. The summed E-state index contributed by atoms with van der Waals surface area (Å²) in [7, 11) is 0. The van der Waals surface area contributed by atoms with E-state index in [4.69, 9.17) is 17.2 Å². The molecule has 0 aromatic rings. The molecule has 3 saturated carbocycles. The van der Waals surface area contributed by atoms with Gasteiger partial charge in [0.15, 0.2) is 5.96 Å². The first kappa shape index (κ1) is 37.6. The van der Waals surface area contributed by atoms with Gasteiger partial charge in [0.05, 0.1) is 6.04 Å². The topological polar surface area (TPSA) is 220 Å². The molecule has 0 saturated heterocycles. The number of nitrogens with two attached hydrogens (primary N) is 3. The fraction of sp³-hybridized carbons (Fsp3) is 0.824. The van der Waals surface area contributed by atoms with E-state index in [9.17, 15) is 29.1 Å². The van der Waals surface area contributed by atoms with Crippen molar-refractivity contribution in [1.29, 1.82) is 0 Å². The van der Waals surface area contributed by atoms with E-state index in [1.807, 2.05) is 13.8 Å². The van der Waals surface area contributed by atoms with Crippen LogP contribution >= 0.6 is 0 Å². The predicted molar refractivity (Wildman–Crippen MR) is 175 cm³/mol. The number of guanidine groups is 1. The van der Waals surface area contributed by atoms with Crippen molar-refractivity contribution < 1.29 is 29.1 Å². The molecule has 9 N–H and O–H groups in total. The minimum Gasteiger partial charge on any atom is -0.396 e. The van der Waals surface area contributed by atoms with Crippen LogP contribution in [-0.4, -0.2) is 60.2 Å². The number of amides is 4. The molecule has 0 aliphatic heterocycles. The van der Waals surface area contributed by atoms with Crippen LogP contribution in [0.15, 0.2) is 4.99 Å². The van der Waals surface area contributed by atoms with Gasteiger partial charge in [-0.1, -0.05) is 40.5 Å². The molecule has 0 aromatic heterocycles. The molecule has 260 valence electrons. The molecule has 46 heavy (non-hydrogen) atoms. The third-order valence-corrected chi connectivity index (χ3v) is 11.2. The lowest BCUT2D eigenvalue weighted by molar-refractivity contribution is -0.136. The molecule has 4 amide bonds. The van der Waals surface area contributed by atoms with Crippen LogP contribution in [0.1, 0.15) is 91.9 Å². The number of hydrogen-bond donors (Lipinski definition) is 6. The van der Waals surface area contributed by atoms with Crippen molar-refractivity contribution >= 4 is 35.9 Å². The maximum Gasteiger partial charge on any atom is 0.243 e. The van der Waals surface area contributed by atoms with Crippen molar-refractivity contribution in [2.45, 2.75) is 97.9 Å². The molecule has 3 rings (SSSR count). The van der Waals surface area contributed by atoms with Gasteiger partial charge in [-0.25, -0.2) is 0 Å². The number of carbonyl (C=O) groups is 5. The summed E-state index contributed by atoms with van der Waals surface area (Å²) in [5, 5.41) is 15.5. The van der Waals surface area contributed by atoms with Gasteiger partial charge in [-0.3, -0.25) is 34.8 Å². The quantitative estimate of drug-likeness (QED) is 0.0661. The zero-order valence-corrected chi connectivity index (χ0v) is 28.2. The fourth-order valence-corrected chi connectivity index (χ4v) is 9.31. The number of rotatable bonds is 15. The molecule has 11 unspecified atom stereocenters. The fourth-order valence-electron chi connectivity index (χ4n) is 9.31. The van der Waals surface area contributed by atoms with Crippen LogP contribution in [0.2, 0.25) is 0 Å². The first-order chi connectivity index (χ1) is 21.9. The number of aldehydes is 1. The Kier molecular flexibility index (Phi) is 14.2. The van der Waals surface area contributed by atoms with E-state index in [1.165, 1.54) is 0 Å². The van der Waals surface area contributed by atoms with Gasteiger partial charge >= 0.3 is 0 Å². The first-order valence-corrected chi connectivity index (χ1v) is 17.4. The summed E-state index contributed by atoms with van der Waals surface area (Å²) in [4.78, 5) is 68.5. The summed E-state index contributed by atoms with van der Waals surface area (Å²) in [6.07, 6.45) is 7.12. The van der Waals surface area contributed by atoms with Gasteiger partial charge in [0.2, 0.25) is 23.6 Å². The molecular weight excluding hydrogens is 588 g/mol. The van der Waals surface area contributed by atoms with Crippen LogP contribution in [0, 0.1) is 65.1 Å². The van der Waals surface area contributed by atoms with Crippen LogP contribution in [0.5, 0.6) is 0 Å². The number of nitrogens with one attached hydrogen (secondary N) is 2. The van der Waals surface area contributed by atoms with Crippen LogP contribution in [-0.2, 0) is 24.0 Å². The molecule has 12 heteroatoms. The van der Waals surface area contributed by atoms with Crippen molar-refractivity contribution in [1.82, 2.24) is 10.6 Å². The number of nitrogens with zero attached hydrogens (tertiary/aromatic N) is 1. The lowest BCUT2D eigenvalue weighted by atomic mass is 9.72. The summed E-state index contributed by atoms with van der Waals surface area (Å²) in [5.41, 5.74) is 16.8. The molecule has 12 nitrogen and oxygen atoms in total. The summed E-state index contributed by atoms with van der Waals surface area (Å²) < 4.78 is 0. The Labute approximate surface area is 273 Å². The predicted octanol–water partition coefficient (Wildman–Crippen LogP) is 1.86. The highest BCUT2D eigenvalue weighted by molar-refractivity contribution is 5.99. The normalized spacial score (nSPS) is 33.0. The van der Waals surface area contributed by atoms with Crippen LogP contribution in [0.3, 0.4) is 0 Å². The van der Waals surface area contributed by atoms with E-state index < -0.39 is 23.8 Å². The average molecular weight is 647 g/mol. The van der Waals surface area contributed by atoms with Gasteiger partial charge in [0.1, 0.15) is 6.29 Å². The molecule has 3 aliphatic carbocycles. The Morgan fingerprint density at radius 3 is 2.04 bits per heavy atom. The van der Waals surface area contributed by atoms with Gasteiger partial charge in [0.25, 0.3) is 0 Å². The second kappa shape index (κ2) is 17.3.